The van der Waals surface area contributed by atoms with Crippen molar-refractivity contribution in [1.82, 2.24) is 20.4 Å². The van der Waals surface area contributed by atoms with Crippen LogP contribution in [0.25, 0.3) is 0 Å². The lowest BCUT2D eigenvalue weighted by Gasteiger charge is -2.43. The molecule has 1 fully saturated rings. The van der Waals surface area contributed by atoms with E-state index in [-0.39, 0.29) is 5.41 Å². The molecule has 0 radical (unpaired) electrons. The van der Waals surface area contributed by atoms with E-state index in [1.54, 1.807) is 0 Å². The first-order valence-corrected chi connectivity index (χ1v) is 9.19. The van der Waals surface area contributed by atoms with Gasteiger partial charge in [0.1, 0.15) is 0 Å². The molecule has 1 aliphatic rings. The minimum atomic E-state index is 0.263. The lowest BCUT2D eigenvalue weighted by molar-refractivity contribution is 0.243. The minimum Gasteiger partial charge on any atom is -0.356 e. The Morgan fingerprint density at radius 3 is 2.64 bits per heavy atom. The van der Waals surface area contributed by atoms with Gasteiger partial charge in [-0.2, -0.15) is 5.10 Å². The number of nitrogens with one attached hydrogen (secondary N) is 2. The Balaban J connectivity index is 1.49. The zero-order valence-corrected chi connectivity index (χ0v) is 15.3. The van der Waals surface area contributed by atoms with Gasteiger partial charge in [-0.3, -0.25) is 9.67 Å². The highest BCUT2D eigenvalue weighted by Crippen LogP contribution is 2.43. The van der Waals surface area contributed by atoms with Gasteiger partial charge in [0.05, 0.1) is 0 Å². The fourth-order valence-electron chi connectivity index (χ4n) is 3.50. The Kier molecular flexibility index (Phi) is 5.74. The van der Waals surface area contributed by atoms with E-state index in [9.17, 15) is 0 Å². The Hall–Kier alpha value is -2.30. The van der Waals surface area contributed by atoms with Gasteiger partial charge in [0.25, 0.3) is 0 Å². The highest BCUT2D eigenvalue weighted by molar-refractivity contribution is 5.79. The summed E-state index contributed by atoms with van der Waals surface area (Å²) in [5, 5.41) is 11.3. The second-order valence-corrected chi connectivity index (χ2v) is 7.14. The molecule has 1 aromatic carbocycles. The standard InChI is InChI=1S/C20H29N5/c1-17(15-25-13-7-12-24-25)14-22-19(21-2)23-16-20(10-6-11-20)18-8-4-3-5-9-18/h3-5,7-9,12-13,17H,6,10-11,14-16H2,1-2H3,(H2,21,22,23). The van der Waals surface area contributed by atoms with E-state index in [1.165, 1.54) is 24.8 Å². The van der Waals surface area contributed by atoms with Gasteiger partial charge in [-0.15, -0.1) is 0 Å². The molecule has 0 saturated heterocycles. The van der Waals surface area contributed by atoms with Crippen molar-refractivity contribution >= 4 is 5.96 Å². The highest BCUT2D eigenvalue weighted by Gasteiger charge is 2.38. The second kappa shape index (κ2) is 8.19. The number of hydrogen-bond acceptors (Lipinski definition) is 2. The Labute approximate surface area is 150 Å². The molecule has 0 aliphatic heterocycles. The molecule has 0 amide bonds. The predicted molar refractivity (Wildman–Crippen MR) is 103 cm³/mol. The SMILES string of the molecule is CN=C(NCC(C)Cn1cccn1)NCC1(c2ccccc2)CCC1. The molecule has 0 bridgehead atoms. The largest absolute Gasteiger partial charge is 0.356 e. The normalized spacial score (nSPS) is 17.6. The molecule has 1 atom stereocenters. The summed E-state index contributed by atoms with van der Waals surface area (Å²) in [5.74, 6) is 1.36. The van der Waals surface area contributed by atoms with Gasteiger partial charge in [0.2, 0.25) is 0 Å². The monoisotopic (exact) mass is 339 g/mol. The third kappa shape index (κ3) is 4.41. The number of aliphatic imine (C=N–C) groups is 1. The number of aromatic nitrogens is 2. The number of nitrogens with zero attached hydrogens (tertiary/aromatic N) is 3. The van der Waals surface area contributed by atoms with Gasteiger partial charge >= 0.3 is 0 Å². The first-order chi connectivity index (χ1) is 12.2. The van der Waals surface area contributed by atoms with Crippen LogP contribution in [-0.2, 0) is 12.0 Å². The predicted octanol–water partition coefficient (Wildman–Crippen LogP) is 2.81. The van der Waals surface area contributed by atoms with Crippen molar-refractivity contribution in [1.29, 1.82) is 0 Å². The molecule has 0 spiro atoms. The Morgan fingerprint density at radius 1 is 1.24 bits per heavy atom. The highest BCUT2D eigenvalue weighted by atomic mass is 15.3. The minimum absolute atomic E-state index is 0.263. The molecule has 2 aromatic rings. The summed E-state index contributed by atoms with van der Waals surface area (Å²) < 4.78 is 1.97. The van der Waals surface area contributed by atoms with Gasteiger partial charge in [-0.05, 0) is 30.4 Å². The smallest absolute Gasteiger partial charge is 0.191 e. The summed E-state index contributed by atoms with van der Waals surface area (Å²) in [5.41, 5.74) is 1.70. The maximum absolute atomic E-state index is 4.38. The van der Waals surface area contributed by atoms with Gasteiger partial charge in [-0.1, -0.05) is 43.7 Å². The van der Waals surface area contributed by atoms with E-state index in [0.29, 0.717) is 5.92 Å². The molecule has 134 valence electrons. The topological polar surface area (TPSA) is 54.2 Å². The van der Waals surface area contributed by atoms with Crippen LogP contribution in [0.1, 0.15) is 31.7 Å². The van der Waals surface area contributed by atoms with Crippen molar-refractivity contribution in [2.24, 2.45) is 10.9 Å². The third-order valence-corrected chi connectivity index (χ3v) is 5.19. The van der Waals surface area contributed by atoms with Crippen LogP contribution in [0.2, 0.25) is 0 Å². The van der Waals surface area contributed by atoms with Crippen molar-refractivity contribution in [3.63, 3.8) is 0 Å². The zero-order valence-electron chi connectivity index (χ0n) is 15.3. The molecule has 2 N–H and O–H groups in total. The maximum atomic E-state index is 4.38. The van der Waals surface area contributed by atoms with Crippen LogP contribution < -0.4 is 10.6 Å². The number of hydrogen-bond donors (Lipinski definition) is 2. The second-order valence-electron chi connectivity index (χ2n) is 7.14. The summed E-state index contributed by atoms with van der Waals surface area (Å²) in [7, 11) is 1.84. The summed E-state index contributed by atoms with van der Waals surface area (Å²) in [4.78, 5) is 4.38. The molecule has 25 heavy (non-hydrogen) atoms. The summed E-state index contributed by atoms with van der Waals surface area (Å²) in [6.07, 6.45) is 7.63. The van der Waals surface area contributed by atoms with Crippen molar-refractivity contribution in [3.8, 4) is 0 Å². The van der Waals surface area contributed by atoms with E-state index in [0.717, 1.165) is 25.6 Å². The first kappa shape index (κ1) is 17.5. The molecule has 3 rings (SSSR count). The fourth-order valence-corrected chi connectivity index (χ4v) is 3.50. The van der Waals surface area contributed by atoms with Crippen molar-refractivity contribution in [3.05, 3.63) is 54.4 Å². The number of benzene rings is 1. The third-order valence-electron chi connectivity index (χ3n) is 5.19. The van der Waals surface area contributed by atoms with Crippen LogP contribution in [-0.4, -0.2) is 35.9 Å². The summed E-state index contributed by atoms with van der Waals surface area (Å²) in [6.45, 7) is 4.94. The molecule has 1 aliphatic carbocycles. The molecular weight excluding hydrogens is 310 g/mol. The van der Waals surface area contributed by atoms with Crippen LogP contribution in [0, 0.1) is 5.92 Å². The number of guanidine groups is 1. The zero-order chi connectivity index (χ0) is 17.5. The molecule has 5 heteroatoms. The Morgan fingerprint density at radius 2 is 2.04 bits per heavy atom. The Bertz CT molecular complexity index is 659. The van der Waals surface area contributed by atoms with E-state index >= 15 is 0 Å². The molecule has 1 unspecified atom stereocenters. The van der Waals surface area contributed by atoms with Crippen molar-refractivity contribution < 1.29 is 0 Å². The van der Waals surface area contributed by atoms with Gasteiger partial charge in [-0.25, -0.2) is 0 Å². The van der Waals surface area contributed by atoms with Gasteiger partial charge < -0.3 is 10.6 Å². The van der Waals surface area contributed by atoms with Crippen LogP contribution in [0.15, 0.2) is 53.8 Å². The summed E-state index contributed by atoms with van der Waals surface area (Å²) in [6, 6.07) is 12.8. The summed E-state index contributed by atoms with van der Waals surface area (Å²) >= 11 is 0. The van der Waals surface area contributed by atoms with Crippen LogP contribution >= 0.6 is 0 Å². The molecule has 5 nitrogen and oxygen atoms in total. The van der Waals surface area contributed by atoms with Crippen LogP contribution in [0.5, 0.6) is 0 Å². The molecular formula is C20H29N5. The van der Waals surface area contributed by atoms with Crippen LogP contribution in [0.4, 0.5) is 0 Å². The molecule has 1 saturated carbocycles. The fraction of sp³-hybridized carbons (Fsp3) is 0.500. The van der Waals surface area contributed by atoms with E-state index < -0.39 is 0 Å². The maximum Gasteiger partial charge on any atom is 0.191 e. The lowest BCUT2D eigenvalue weighted by Crippen LogP contribution is -2.49. The van der Waals surface area contributed by atoms with Crippen molar-refractivity contribution in [2.45, 2.75) is 38.1 Å². The first-order valence-electron chi connectivity index (χ1n) is 9.19. The van der Waals surface area contributed by atoms with E-state index in [2.05, 4.69) is 58.0 Å². The average Bonchev–Trinajstić information content (AvgIpc) is 3.10. The molecule has 1 aromatic heterocycles. The quantitative estimate of drug-likeness (QED) is 0.602. The average molecular weight is 339 g/mol. The lowest BCUT2D eigenvalue weighted by atomic mass is 9.64. The van der Waals surface area contributed by atoms with E-state index in [1.807, 2.05) is 30.2 Å². The van der Waals surface area contributed by atoms with E-state index in [4.69, 9.17) is 0 Å². The number of rotatable bonds is 7. The van der Waals surface area contributed by atoms with Gasteiger partial charge in [0, 0.05) is 44.5 Å². The van der Waals surface area contributed by atoms with Gasteiger partial charge in [0.15, 0.2) is 5.96 Å². The molecule has 1 heterocycles. The van der Waals surface area contributed by atoms with Crippen molar-refractivity contribution in [2.75, 3.05) is 20.1 Å². The van der Waals surface area contributed by atoms with Crippen LogP contribution in [0.3, 0.4) is 0 Å².